The Hall–Kier alpha value is -0.990. The van der Waals surface area contributed by atoms with Crippen LogP contribution in [0.25, 0.3) is 0 Å². The van der Waals surface area contributed by atoms with E-state index in [1.54, 1.807) is 19.0 Å². The second-order valence-corrected chi connectivity index (χ2v) is 2.60. The molecule has 11 heavy (non-hydrogen) atoms. The summed E-state index contributed by atoms with van der Waals surface area (Å²) in [5.74, 6) is -0.0862. The first-order chi connectivity index (χ1) is 5.09. The smallest absolute Gasteiger partial charge is 0.266 e. The molecule has 1 N–H and O–H groups in total. The topological polar surface area (TPSA) is 32.3 Å². The molecule has 0 heterocycles. The normalized spacial score (nSPS) is 9.00. The van der Waals surface area contributed by atoms with Gasteiger partial charge in [0, 0.05) is 20.6 Å². The molecule has 0 aliphatic heterocycles. The zero-order valence-corrected chi connectivity index (χ0v) is 7.48. The molecule has 0 saturated carbocycles. The minimum atomic E-state index is -0.0862. The predicted octanol–water partition coefficient (Wildman–Crippen LogP) is 0.588. The zero-order chi connectivity index (χ0) is 8.85. The number of nitrogens with one attached hydrogen (secondary N) is 1. The molecule has 0 fully saturated rings. The van der Waals surface area contributed by atoms with Crippen LogP contribution in [0.3, 0.4) is 0 Å². The molecule has 0 aliphatic rings. The minimum absolute atomic E-state index is 0.0862. The second-order valence-electron chi connectivity index (χ2n) is 2.60. The van der Waals surface area contributed by atoms with Gasteiger partial charge in [-0.2, -0.15) is 0 Å². The SMILES string of the molecule is C=C(C(=O)NCCC)N(C)C. The van der Waals surface area contributed by atoms with Gasteiger partial charge in [-0.3, -0.25) is 4.79 Å². The van der Waals surface area contributed by atoms with E-state index in [2.05, 4.69) is 11.9 Å². The first kappa shape index (κ1) is 10.0. The largest absolute Gasteiger partial charge is 0.374 e. The van der Waals surface area contributed by atoms with Gasteiger partial charge in [-0.25, -0.2) is 0 Å². The molecule has 3 nitrogen and oxygen atoms in total. The Labute approximate surface area is 68.1 Å². The van der Waals surface area contributed by atoms with Crippen molar-refractivity contribution in [1.29, 1.82) is 0 Å². The highest BCUT2D eigenvalue weighted by molar-refractivity contribution is 5.91. The Bertz CT molecular complexity index is 152. The lowest BCUT2D eigenvalue weighted by molar-refractivity contribution is -0.118. The van der Waals surface area contributed by atoms with Crippen LogP contribution in [-0.4, -0.2) is 31.4 Å². The highest BCUT2D eigenvalue weighted by Gasteiger charge is 2.05. The lowest BCUT2D eigenvalue weighted by Crippen LogP contribution is -2.31. The Kier molecular flexibility index (Phi) is 4.34. The number of hydrogen-bond acceptors (Lipinski definition) is 2. The zero-order valence-electron chi connectivity index (χ0n) is 7.48. The van der Waals surface area contributed by atoms with Crippen LogP contribution in [0.5, 0.6) is 0 Å². The van der Waals surface area contributed by atoms with Gasteiger partial charge in [0.15, 0.2) is 0 Å². The molecule has 0 unspecified atom stereocenters. The lowest BCUT2D eigenvalue weighted by atomic mass is 10.4. The number of amides is 1. The summed E-state index contributed by atoms with van der Waals surface area (Å²) in [5.41, 5.74) is 0.499. The van der Waals surface area contributed by atoms with E-state index in [1.165, 1.54) is 0 Å². The van der Waals surface area contributed by atoms with Crippen molar-refractivity contribution in [3.05, 3.63) is 12.3 Å². The van der Waals surface area contributed by atoms with E-state index in [0.29, 0.717) is 12.2 Å². The molecule has 64 valence electrons. The summed E-state index contributed by atoms with van der Waals surface area (Å²) in [4.78, 5) is 12.8. The third kappa shape index (κ3) is 3.65. The molecule has 0 aromatic rings. The van der Waals surface area contributed by atoms with Crippen molar-refractivity contribution in [3.63, 3.8) is 0 Å². The highest BCUT2D eigenvalue weighted by Crippen LogP contribution is 1.92. The Morgan fingerprint density at radius 2 is 2.09 bits per heavy atom. The summed E-state index contributed by atoms with van der Waals surface area (Å²) >= 11 is 0. The van der Waals surface area contributed by atoms with Crippen LogP contribution in [-0.2, 0) is 4.79 Å². The van der Waals surface area contributed by atoms with Gasteiger partial charge in [0.2, 0.25) is 0 Å². The minimum Gasteiger partial charge on any atom is -0.374 e. The molecule has 0 atom stereocenters. The van der Waals surface area contributed by atoms with Gasteiger partial charge in [0.05, 0.1) is 5.70 Å². The quantitative estimate of drug-likeness (QED) is 0.604. The average molecular weight is 156 g/mol. The predicted molar refractivity (Wildman–Crippen MR) is 46.1 cm³/mol. The molecule has 0 aromatic heterocycles. The van der Waals surface area contributed by atoms with E-state index >= 15 is 0 Å². The van der Waals surface area contributed by atoms with Crippen LogP contribution < -0.4 is 5.32 Å². The van der Waals surface area contributed by atoms with Crippen LogP contribution in [0.15, 0.2) is 12.3 Å². The average Bonchev–Trinajstić information content (AvgIpc) is 1.98. The van der Waals surface area contributed by atoms with E-state index in [0.717, 1.165) is 6.42 Å². The van der Waals surface area contributed by atoms with E-state index in [4.69, 9.17) is 0 Å². The maximum atomic E-state index is 11.1. The van der Waals surface area contributed by atoms with Crippen LogP contribution in [0.4, 0.5) is 0 Å². The third-order valence-electron chi connectivity index (χ3n) is 1.34. The van der Waals surface area contributed by atoms with Crippen LogP contribution >= 0.6 is 0 Å². The first-order valence-electron chi connectivity index (χ1n) is 3.74. The Morgan fingerprint density at radius 1 is 1.55 bits per heavy atom. The fourth-order valence-corrected chi connectivity index (χ4v) is 0.544. The molecule has 0 aromatic carbocycles. The first-order valence-corrected chi connectivity index (χ1v) is 3.74. The monoisotopic (exact) mass is 156 g/mol. The summed E-state index contributed by atoms with van der Waals surface area (Å²) in [6.45, 7) is 6.35. The molecular formula is C8H16N2O. The van der Waals surface area contributed by atoms with Crippen molar-refractivity contribution < 1.29 is 4.79 Å². The summed E-state index contributed by atoms with van der Waals surface area (Å²) < 4.78 is 0. The summed E-state index contributed by atoms with van der Waals surface area (Å²) in [5, 5.41) is 2.73. The molecule has 0 rings (SSSR count). The molecular weight excluding hydrogens is 140 g/mol. The van der Waals surface area contributed by atoms with Crippen LogP contribution in [0.2, 0.25) is 0 Å². The fraction of sp³-hybridized carbons (Fsp3) is 0.625. The van der Waals surface area contributed by atoms with E-state index in [-0.39, 0.29) is 5.91 Å². The van der Waals surface area contributed by atoms with Crippen LogP contribution in [0.1, 0.15) is 13.3 Å². The van der Waals surface area contributed by atoms with Gasteiger partial charge >= 0.3 is 0 Å². The standard InChI is InChI=1S/C8H16N2O/c1-5-6-9-8(11)7(2)10(3)4/h2,5-6H2,1,3-4H3,(H,9,11). The number of hydrogen-bond donors (Lipinski definition) is 1. The number of nitrogens with zero attached hydrogens (tertiary/aromatic N) is 1. The maximum Gasteiger partial charge on any atom is 0.266 e. The molecule has 0 radical (unpaired) electrons. The van der Waals surface area contributed by atoms with Gasteiger partial charge < -0.3 is 10.2 Å². The lowest BCUT2D eigenvalue weighted by Gasteiger charge is -2.14. The maximum absolute atomic E-state index is 11.1. The number of carbonyl (C=O) groups is 1. The number of rotatable bonds is 4. The Balaban J connectivity index is 3.75. The van der Waals surface area contributed by atoms with Crippen molar-refractivity contribution in [2.45, 2.75) is 13.3 Å². The fourth-order valence-electron chi connectivity index (χ4n) is 0.544. The second kappa shape index (κ2) is 4.77. The highest BCUT2D eigenvalue weighted by atomic mass is 16.2. The number of carbonyl (C=O) groups excluding carboxylic acids is 1. The molecule has 1 amide bonds. The summed E-state index contributed by atoms with van der Waals surface area (Å²) in [7, 11) is 3.60. The van der Waals surface area contributed by atoms with Crippen molar-refractivity contribution >= 4 is 5.91 Å². The third-order valence-corrected chi connectivity index (χ3v) is 1.34. The number of likely N-dealkylation sites (N-methyl/N-ethyl adjacent to an activating group) is 1. The summed E-state index contributed by atoms with van der Waals surface area (Å²) in [6, 6.07) is 0. The van der Waals surface area contributed by atoms with E-state index < -0.39 is 0 Å². The van der Waals surface area contributed by atoms with Gasteiger partial charge in [-0.15, -0.1) is 0 Å². The van der Waals surface area contributed by atoms with Crippen molar-refractivity contribution in [1.82, 2.24) is 10.2 Å². The summed E-state index contributed by atoms with van der Waals surface area (Å²) in [6.07, 6.45) is 0.951. The molecule has 0 saturated heterocycles. The van der Waals surface area contributed by atoms with Gasteiger partial charge in [0.25, 0.3) is 5.91 Å². The molecule has 0 spiro atoms. The van der Waals surface area contributed by atoms with Crippen molar-refractivity contribution in [2.75, 3.05) is 20.6 Å². The van der Waals surface area contributed by atoms with E-state index in [1.807, 2.05) is 6.92 Å². The molecule has 0 bridgehead atoms. The van der Waals surface area contributed by atoms with Crippen molar-refractivity contribution in [2.24, 2.45) is 0 Å². The molecule has 0 aliphatic carbocycles. The van der Waals surface area contributed by atoms with Crippen molar-refractivity contribution in [3.8, 4) is 0 Å². The van der Waals surface area contributed by atoms with Gasteiger partial charge in [0.1, 0.15) is 0 Å². The molecule has 3 heteroatoms. The van der Waals surface area contributed by atoms with Crippen LogP contribution in [0, 0.1) is 0 Å². The van der Waals surface area contributed by atoms with Gasteiger partial charge in [-0.05, 0) is 6.42 Å². The van der Waals surface area contributed by atoms with E-state index in [9.17, 15) is 4.79 Å². The Morgan fingerprint density at radius 3 is 2.45 bits per heavy atom. The van der Waals surface area contributed by atoms with Gasteiger partial charge in [-0.1, -0.05) is 13.5 Å².